The SMILES string of the molecule is Nc1nc2c(ncn2[C@@H]2C=C[C@H](OCP(=O)(O)OP(=O)(O)CC(=O)O)C2)c(=O)[nH]1. The van der Waals surface area contributed by atoms with Crippen LogP contribution < -0.4 is 11.3 Å². The number of allylic oxidation sites excluding steroid dienone is 1. The smallest absolute Gasteiger partial charge is 0.360 e. The number of rotatable bonds is 8. The fourth-order valence-corrected chi connectivity index (χ4v) is 5.51. The van der Waals surface area contributed by atoms with E-state index in [1.807, 2.05) is 0 Å². The molecule has 0 bridgehead atoms. The molecule has 3 rings (SSSR count). The molecule has 6 N–H and O–H groups in total. The van der Waals surface area contributed by atoms with E-state index in [4.69, 9.17) is 15.6 Å². The molecule has 0 saturated carbocycles. The molecule has 0 fully saturated rings. The van der Waals surface area contributed by atoms with Gasteiger partial charge in [0.25, 0.3) is 5.56 Å². The van der Waals surface area contributed by atoms with Gasteiger partial charge in [0.2, 0.25) is 5.95 Å². The lowest BCUT2D eigenvalue weighted by Crippen LogP contribution is -2.15. The number of nitrogens with zero attached hydrogens (tertiary/aromatic N) is 3. The number of H-pyrrole nitrogens is 1. The summed E-state index contributed by atoms with van der Waals surface area (Å²) in [6.07, 6.45) is 2.08. The summed E-state index contributed by atoms with van der Waals surface area (Å²) in [6, 6.07) is -0.339. The Balaban J connectivity index is 1.63. The number of anilines is 1. The topological polar surface area (TPSA) is 220 Å². The summed E-state index contributed by atoms with van der Waals surface area (Å²) in [5.74, 6) is -1.73. The number of fused-ring (bicyclic) bond motifs is 1. The molecule has 0 amide bonds. The molecule has 14 nitrogen and oxygen atoms in total. The van der Waals surface area contributed by atoms with E-state index < -0.39 is 45.3 Å². The van der Waals surface area contributed by atoms with Gasteiger partial charge < -0.3 is 29.9 Å². The molecule has 0 aromatic carbocycles. The summed E-state index contributed by atoms with van der Waals surface area (Å²) in [7, 11) is -9.48. The van der Waals surface area contributed by atoms with E-state index in [9.17, 15) is 28.5 Å². The molecule has 2 heterocycles. The molecule has 1 aliphatic rings. The van der Waals surface area contributed by atoms with Gasteiger partial charge in [-0.15, -0.1) is 0 Å². The number of ether oxygens (including phenoxy) is 1. The van der Waals surface area contributed by atoms with E-state index >= 15 is 0 Å². The van der Waals surface area contributed by atoms with Crippen molar-refractivity contribution in [3.63, 3.8) is 0 Å². The van der Waals surface area contributed by atoms with Crippen LogP contribution in [0.5, 0.6) is 0 Å². The Labute approximate surface area is 162 Å². The van der Waals surface area contributed by atoms with Crippen LogP contribution in [0, 0.1) is 0 Å². The van der Waals surface area contributed by atoms with Crippen molar-refractivity contribution in [3.05, 3.63) is 28.8 Å². The predicted molar refractivity (Wildman–Crippen MR) is 98.3 cm³/mol. The second kappa shape index (κ2) is 7.82. The first kappa shape index (κ1) is 21.4. The van der Waals surface area contributed by atoms with Gasteiger partial charge in [-0.25, -0.2) is 9.29 Å². The number of carboxylic acids is 1. The third kappa shape index (κ3) is 5.18. The highest BCUT2D eigenvalue weighted by atomic mass is 31.3. The van der Waals surface area contributed by atoms with E-state index in [1.54, 1.807) is 16.7 Å². The fraction of sp³-hybridized carbons (Fsp3) is 0.385. The van der Waals surface area contributed by atoms with Gasteiger partial charge in [-0.3, -0.25) is 23.7 Å². The van der Waals surface area contributed by atoms with Crippen molar-refractivity contribution in [1.82, 2.24) is 19.5 Å². The number of nitrogens with one attached hydrogen (secondary N) is 1. The van der Waals surface area contributed by atoms with Gasteiger partial charge in [-0.2, -0.15) is 4.98 Å². The number of hydrogen-bond acceptors (Lipinski definition) is 9. The van der Waals surface area contributed by atoms with E-state index in [0.717, 1.165) is 0 Å². The monoisotopic (exact) mass is 449 g/mol. The molecule has 2 aromatic heterocycles. The Morgan fingerprint density at radius 3 is 2.76 bits per heavy atom. The summed E-state index contributed by atoms with van der Waals surface area (Å²) in [5, 5.41) is 8.51. The first-order valence-electron chi connectivity index (χ1n) is 8.05. The molecule has 4 atom stereocenters. The Bertz CT molecular complexity index is 1130. The van der Waals surface area contributed by atoms with Gasteiger partial charge in [-0.1, -0.05) is 12.2 Å². The quantitative estimate of drug-likeness (QED) is 0.266. The lowest BCUT2D eigenvalue weighted by atomic mass is 10.2. The van der Waals surface area contributed by atoms with Crippen molar-refractivity contribution in [2.24, 2.45) is 0 Å². The first-order chi connectivity index (χ1) is 13.5. The molecule has 29 heavy (non-hydrogen) atoms. The lowest BCUT2D eigenvalue weighted by molar-refractivity contribution is -0.134. The number of aliphatic carboxylic acids is 1. The van der Waals surface area contributed by atoms with Crippen molar-refractivity contribution in [1.29, 1.82) is 0 Å². The van der Waals surface area contributed by atoms with Gasteiger partial charge in [0.1, 0.15) is 12.5 Å². The van der Waals surface area contributed by atoms with Crippen molar-refractivity contribution in [2.45, 2.75) is 18.6 Å². The maximum absolute atomic E-state index is 11.9. The molecule has 2 unspecified atom stereocenters. The van der Waals surface area contributed by atoms with E-state index in [0.29, 0.717) is 0 Å². The minimum absolute atomic E-state index is 0.0767. The van der Waals surface area contributed by atoms with Crippen LogP contribution in [-0.4, -0.2) is 59.0 Å². The van der Waals surface area contributed by atoms with Gasteiger partial charge >= 0.3 is 21.2 Å². The fourth-order valence-electron chi connectivity index (χ4n) is 2.78. The second-order valence-corrected chi connectivity index (χ2v) is 9.98. The van der Waals surface area contributed by atoms with E-state index in [-0.39, 0.29) is 29.6 Å². The third-order valence-corrected chi connectivity index (χ3v) is 7.06. The number of hydrogen-bond donors (Lipinski definition) is 5. The Morgan fingerprint density at radius 2 is 2.07 bits per heavy atom. The Kier molecular flexibility index (Phi) is 5.77. The van der Waals surface area contributed by atoms with Gasteiger partial charge in [-0.05, 0) is 0 Å². The number of imidazole rings is 1. The highest BCUT2D eigenvalue weighted by Gasteiger charge is 2.35. The van der Waals surface area contributed by atoms with Gasteiger partial charge in [0, 0.05) is 6.42 Å². The zero-order valence-electron chi connectivity index (χ0n) is 14.6. The van der Waals surface area contributed by atoms with E-state index in [1.165, 1.54) is 6.33 Å². The summed E-state index contributed by atoms with van der Waals surface area (Å²) in [6.45, 7) is 0. The zero-order chi connectivity index (χ0) is 21.4. The minimum Gasteiger partial charge on any atom is -0.481 e. The van der Waals surface area contributed by atoms with Crippen LogP contribution in [0.4, 0.5) is 5.95 Å². The molecule has 0 radical (unpaired) electrons. The molecule has 0 aliphatic heterocycles. The highest BCUT2D eigenvalue weighted by molar-refractivity contribution is 7.66. The molecular weight excluding hydrogens is 432 g/mol. The molecule has 0 saturated heterocycles. The number of aromatic amines is 1. The lowest BCUT2D eigenvalue weighted by Gasteiger charge is -2.18. The minimum atomic E-state index is -4.80. The average molecular weight is 449 g/mol. The standard InChI is InChI=1S/C13H17N5O9P2/c14-13-16-11-10(12(21)17-13)15-5-18(11)7-1-2-8(3-7)26-6-29(24,25)27-28(22,23)4-9(19)20/h1-2,5,7-8H,3-4,6H2,(H,19,20)(H,22,23)(H,24,25)(H3,14,16,17,21)/t7-,8+/m1/s1. The van der Waals surface area contributed by atoms with Crippen LogP contribution in [0.15, 0.2) is 23.3 Å². The van der Waals surface area contributed by atoms with Gasteiger partial charge in [0.15, 0.2) is 11.2 Å². The number of nitrogens with two attached hydrogens (primary N) is 1. The predicted octanol–water partition coefficient (Wildman–Crippen LogP) is 0.0175. The van der Waals surface area contributed by atoms with Gasteiger partial charge in [0.05, 0.1) is 18.5 Å². The number of nitrogen functional groups attached to an aromatic ring is 1. The van der Waals surface area contributed by atoms with Crippen LogP contribution in [0.1, 0.15) is 12.5 Å². The normalized spacial score (nSPS) is 23.1. The zero-order valence-corrected chi connectivity index (χ0v) is 16.4. The third-order valence-electron chi connectivity index (χ3n) is 3.87. The maximum Gasteiger partial charge on any atom is 0.360 e. The molecular formula is C13H17N5O9P2. The highest BCUT2D eigenvalue weighted by Crippen LogP contribution is 2.59. The largest absolute Gasteiger partial charge is 0.481 e. The van der Waals surface area contributed by atoms with Crippen LogP contribution in [0.25, 0.3) is 11.2 Å². The summed E-state index contributed by atoms with van der Waals surface area (Å²) in [4.78, 5) is 51.7. The van der Waals surface area contributed by atoms with Crippen molar-refractivity contribution in [2.75, 3.05) is 18.2 Å². The summed E-state index contributed by atoms with van der Waals surface area (Å²) >= 11 is 0. The van der Waals surface area contributed by atoms with Crippen LogP contribution in [0.2, 0.25) is 0 Å². The van der Waals surface area contributed by atoms with Crippen LogP contribution >= 0.6 is 15.2 Å². The number of aromatic nitrogens is 4. The second-order valence-electron chi connectivity index (χ2n) is 6.21. The summed E-state index contributed by atoms with van der Waals surface area (Å²) in [5.41, 5.74) is 5.42. The molecule has 16 heteroatoms. The molecule has 0 spiro atoms. The first-order valence-corrected chi connectivity index (χ1v) is 11.6. The van der Waals surface area contributed by atoms with Crippen LogP contribution in [0.3, 0.4) is 0 Å². The van der Waals surface area contributed by atoms with Crippen molar-refractivity contribution >= 4 is 38.3 Å². The number of carboxylic acid groups (broad SMARTS) is 1. The van der Waals surface area contributed by atoms with Crippen molar-refractivity contribution < 1.29 is 37.9 Å². The Morgan fingerprint density at radius 1 is 1.34 bits per heavy atom. The van der Waals surface area contributed by atoms with Crippen molar-refractivity contribution in [3.8, 4) is 0 Å². The molecule has 2 aromatic rings. The van der Waals surface area contributed by atoms with E-state index in [2.05, 4.69) is 19.3 Å². The Hall–Kier alpha value is -2.34. The molecule has 1 aliphatic carbocycles. The summed E-state index contributed by atoms with van der Waals surface area (Å²) < 4.78 is 34.5. The van der Waals surface area contributed by atoms with Crippen LogP contribution in [-0.2, 0) is 23.0 Å². The maximum atomic E-state index is 11.9. The number of carbonyl (C=O) groups is 1. The average Bonchev–Trinajstić information content (AvgIpc) is 3.16. The molecule has 158 valence electrons.